The van der Waals surface area contributed by atoms with Gasteiger partial charge in [0, 0.05) is 32.2 Å². The van der Waals surface area contributed by atoms with Gasteiger partial charge in [-0.2, -0.15) is 0 Å². The molecule has 1 heterocycles. The Labute approximate surface area is 123 Å². The first-order chi connectivity index (χ1) is 9.56. The van der Waals surface area contributed by atoms with Crippen LogP contribution in [0.2, 0.25) is 0 Å². The van der Waals surface area contributed by atoms with Crippen LogP contribution in [0.25, 0.3) is 0 Å². The van der Waals surface area contributed by atoms with Gasteiger partial charge in [0.1, 0.15) is 5.75 Å². The Hall–Kier alpha value is -1.06. The molecule has 1 atom stereocenters. The zero-order valence-corrected chi connectivity index (χ0v) is 13.5. The number of rotatable bonds is 4. The zero-order valence-electron chi connectivity index (χ0n) is 13.5. The minimum Gasteiger partial charge on any atom is -0.496 e. The first kappa shape index (κ1) is 15.3. The van der Waals surface area contributed by atoms with Crippen LogP contribution in [0.3, 0.4) is 0 Å². The van der Waals surface area contributed by atoms with E-state index < -0.39 is 0 Å². The van der Waals surface area contributed by atoms with Gasteiger partial charge >= 0.3 is 0 Å². The van der Waals surface area contributed by atoms with Crippen LogP contribution >= 0.6 is 0 Å². The van der Waals surface area contributed by atoms with E-state index in [-0.39, 0.29) is 0 Å². The molecule has 1 aromatic carbocycles. The van der Waals surface area contributed by atoms with Crippen molar-refractivity contribution in [1.29, 1.82) is 0 Å². The molecule has 0 radical (unpaired) electrons. The van der Waals surface area contributed by atoms with Crippen LogP contribution in [0.4, 0.5) is 0 Å². The average Bonchev–Trinajstić information content (AvgIpc) is 2.45. The molecule has 3 heteroatoms. The molecule has 0 bridgehead atoms. The van der Waals surface area contributed by atoms with E-state index in [1.807, 2.05) is 0 Å². The molecule has 20 heavy (non-hydrogen) atoms. The number of nitrogens with one attached hydrogen (secondary N) is 1. The van der Waals surface area contributed by atoms with Crippen LogP contribution in [0.1, 0.15) is 36.6 Å². The van der Waals surface area contributed by atoms with E-state index in [4.69, 9.17) is 4.74 Å². The molecule has 1 N–H and O–H groups in total. The molecule has 0 aromatic heterocycles. The Bertz CT molecular complexity index is 451. The molecule has 112 valence electrons. The Morgan fingerprint density at radius 3 is 2.30 bits per heavy atom. The minimum atomic E-state index is 0.502. The lowest BCUT2D eigenvalue weighted by molar-refractivity contribution is 0.136. The van der Waals surface area contributed by atoms with Gasteiger partial charge in [-0.15, -0.1) is 0 Å². The molecule has 0 spiro atoms. The van der Waals surface area contributed by atoms with E-state index in [1.165, 1.54) is 16.7 Å². The van der Waals surface area contributed by atoms with E-state index in [0.29, 0.717) is 12.0 Å². The third-order valence-corrected chi connectivity index (χ3v) is 4.49. The van der Waals surface area contributed by atoms with Crippen LogP contribution in [0.15, 0.2) is 12.1 Å². The van der Waals surface area contributed by atoms with Crippen LogP contribution in [-0.4, -0.2) is 38.2 Å². The molecule has 0 aliphatic carbocycles. The van der Waals surface area contributed by atoms with Crippen molar-refractivity contribution in [3.63, 3.8) is 0 Å². The maximum atomic E-state index is 5.44. The van der Waals surface area contributed by atoms with Gasteiger partial charge in [0.25, 0.3) is 0 Å². The molecule has 1 aromatic rings. The number of piperazine rings is 1. The summed E-state index contributed by atoms with van der Waals surface area (Å²) < 4.78 is 5.44. The van der Waals surface area contributed by atoms with E-state index in [9.17, 15) is 0 Å². The Balaban J connectivity index is 2.36. The highest BCUT2D eigenvalue weighted by atomic mass is 16.5. The fourth-order valence-electron chi connectivity index (χ4n) is 3.30. The van der Waals surface area contributed by atoms with Gasteiger partial charge in [-0.1, -0.05) is 19.9 Å². The van der Waals surface area contributed by atoms with Crippen molar-refractivity contribution in [2.45, 2.75) is 33.7 Å². The lowest BCUT2D eigenvalue weighted by Crippen LogP contribution is -2.46. The quantitative estimate of drug-likeness (QED) is 0.915. The van der Waals surface area contributed by atoms with E-state index in [1.54, 1.807) is 7.11 Å². The van der Waals surface area contributed by atoms with Crippen molar-refractivity contribution in [2.24, 2.45) is 5.92 Å². The van der Waals surface area contributed by atoms with Gasteiger partial charge in [-0.3, -0.25) is 4.90 Å². The zero-order chi connectivity index (χ0) is 14.7. The molecule has 0 saturated carbocycles. The van der Waals surface area contributed by atoms with Crippen LogP contribution in [-0.2, 0) is 0 Å². The maximum Gasteiger partial charge on any atom is 0.122 e. The fourth-order valence-corrected chi connectivity index (χ4v) is 3.30. The first-order valence-corrected chi connectivity index (χ1v) is 7.65. The molecule has 2 rings (SSSR count). The average molecular weight is 276 g/mol. The number of hydrogen-bond donors (Lipinski definition) is 1. The third-order valence-electron chi connectivity index (χ3n) is 4.49. The van der Waals surface area contributed by atoms with Crippen LogP contribution < -0.4 is 10.1 Å². The molecule has 1 aliphatic rings. The smallest absolute Gasteiger partial charge is 0.122 e. The summed E-state index contributed by atoms with van der Waals surface area (Å²) in [4.78, 5) is 2.62. The summed E-state index contributed by atoms with van der Waals surface area (Å²) in [5.74, 6) is 1.61. The van der Waals surface area contributed by atoms with Gasteiger partial charge in [-0.05, 0) is 42.5 Å². The fraction of sp³-hybridized carbons (Fsp3) is 0.647. The first-order valence-electron chi connectivity index (χ1n) is 7.65. The molecular formula is C17H28N2O. The SMILES string of the molecule is COc1ccc(C(C(C)C)N2CCNCC2)c(C)c1C. The number of benzene rings is 1. The van der Waals surface area contributed by atoms with Crippen molar-refractivity contribution in [3.05, 3.63) is 28.8 Å². The Kier molecular flexibility index (Phi) is 5.06. The molecule has 1 unspecified atom stereocenters. The summed E-state index contributed by atoms with van der Waals surface area (Å²) in [7, 11) is 1.75. The predicted octanol–water partition coefficient (Wildman–Crippen LogP) is 2.91. The standard InChI is InChI=1S/C17H28N2O/c1-12(2)17(19-10-8-18-9-11-19)15-6-7-16(20-5)14(4)13(15)3/h6-7,12,17-18H,8-11H2,1-5H3. The van der Waals surface area contributed by atoms with Gasteiger partial charge < -0.3 is 10.1 Å². The monoisotopic (exact) mass is 276 g/mol. The molecular weight excluding hydrogens is 248 g/mol. The second-order valence-electron chi connectivity index (χ2n) is 6.08. The van der Waals surface area contributed by atoms with Crippen LogP contribution in [0, 0.1) is 19.8 Å². The van der Waals surface area contributed by atoms with E-state index in [2.05, 4.69) is 50.0 Å². The Morgan fingerprint density at radius 1 is 1.10 bits per heavy atom. The topological polar surface area (TPSA) is 24.5 Å². The number of hydrogen-bond acceptors (Lipinski definition) is 3. The summed E-state index contributed by atoms with van der Waals surface area (Å²) in [6.45, 7) is 13.5. The number of nitrogens with zero attached hydrogens (tertiary/aromatic N) is 1. The van der Waals surface area contributed by atoms with Gasteiger partial charge in [0.15, 0.2) is 0 Å². The molecule has 3 nitrogen and oxygen atoms in total. The largest absolute Gasteiger partial charge is 0.496 e. The summed E-state index contributed by atoms with van der Waals surface area (Å²) in [5.41, 5.74) is 4.10. The van der Waals surface area contributed by atoms with Crippen molar-refractivity contribution >= 4 is 0 Å². The highest BCUT2D eigenvalue weighted by molar-refractivity contribution is 5.45. The molecule has 1 aliphatic heterocycles. The highest BCUT2D eigenvalue weighted by Gasteiger charge is 2.26. The number of methoxy groups -OCH3 is 1. The molecule has 0 amide bonds. The summed E-state index contributed by atoms with van der Waals surface area (Å²) in [6.07, 6.45) is 0. The molecule has 1 saturated heterocycles. The second-order valence-corrected chi connectivity index (χ2v) is 6.08. The predicted molar refractivity (Wildman–Crippen MR) is 84.5 cm³/mol. The summed E-state index contributed by atoms with van der Waals surface area (Å²) in [6, 6.07) is 4.88. The number of ether oxygens (including phenoxy) is 1. The van der Waals surface area contributed by atoms with Crippen molar-refractivity contribution in [2.75, 3.05) is 33.3 Å². The van der Waals surface area contributed by atoms with E-state index >= 15 is 0 Å². The maximum absolute atomic E-state index is 5.44. The van der Waals surface area contributed by atoms with E-state index in [0.717, 1.165) is 31.9 Å². The Morgan fingerprint density at radius 2 is 1.75 bits per heavy atom. The van der Waals surface area contributed by atoms with Crippen molar-refractivity contribution in [3.8, 4) is 5.75 Å². The van der Waals surface area contributed by atoms with Crippen LogP contribution in [0.5, 0.6) is 5.75 Å². The third kappa shape index (κ3) is 2.99. The van der Waals surface area contributed by atoms with Crippen molar-refractivity contribution in [1.82, 2.24) is 10.2 Å². The highest BCUT2D eigenvalue weighted by Crippen LogP contribution is 2.34. The normalized spacial score (nSPS) is 18.3. The lowest BCUT2D eigenvalue weighted by atomic mass is 9.88. The van der Waals surface area contributed by atoms with Crippen molar-refractivity contribution < 1.29 is 4.74 Å². The summed E-state index contributed by atoms with van der Waals surface area (Å²) in [5, 5.41) is 3.44. The van der Waals surface area contributed by atoms with Gasteiger partial charge in [0.05, 0.1) is 7.11 Å². The van der Waals surface area contributed by atoms with Gasteiger partial charge in [0.2, 0.25) is 0 Å². The second kappa shape index (κ2) is 6.59. The molecule has 1 fully saturated rings. The lowest BCUT2D eigenvalue weighted by Gasteiger charge is -2.38. The minimum absolute atomic E-state index is 0.502. The van der Waals surface area contributed by atoms with Gasteiger partial charge in [-0.25, -0.2) is 0 Å². The summed E-state index contributed by atoms with van der Waals surface area (Å²) >= 11 is 0.